The van der Waals surface area contributed by atoms with Gasteiger partial charge in [-0.15, -0.1) is 0 Å². The van der Waals surface area contributed by atoms with Gasteiger partial charge in [0.25, 0.3) is 0 Å². The predicted octanol–water partition coefficient (Wildman–Crippen LogP) is 0.849. The van der Waals surface area contributed by atoms with Crippen LogP contribution in [0.2, 0.25) is 0 Å². The molecule has 2 aliphatic heterocycles. The van der Waals surface area contributed by atoms with Crippen molar-refractivity contribution in [3.05, 3.63) is 0 Å². The van der Waals surface area contributed by atoms with Crippen LogP contribution in [0.1, 0.15) is 32.1 Å². The van der Waals surface area contributed by atoms with E-state index in [1.807, 2.05) is 7.05 Å². The molecule has 0 saturated carbocycles. The molecule has 2 heterocycles. The van der Waals surface area contributed by atoms with Gasteiger partial charge >= 0.3 is 0 Å². The van der Waals surface area contributed by atoms with Crippen molar-refractivity contribution in [2.24, 2.45) is 5.41 Å². The van der Waals surface area contributed by atoms with Crippen molar-refractivity contribution in [2.45, 2.75) is 38.1 Å². The predicted molar refractivity (Wildman–Crippen MR) is 72.7 cm³/mol. The van der Waals surface area contributed by atoms with Crippen molar-refractivity contribution in [2.75, 3.05) is 46.5 Å². The maximum Gasteiger partial charge on any atom is 0.0547 e. The van der Waals surface area contributed by atoms with Crippen LogP contribution in [0, 0.1) is 5.41 Å². The maximum absolute atomic E-state index is 9.20. The summed E-state index contributed by atoms with van der Waals surface area (Å²) in [6, 6.07) is 0.582. The molecule has 18 heavy (non-hydrogen) atoms. The van der Waals surface area contributed by atoms with Crippen molar-refractivity contribution in [3.63, 3.8) is 0 Å². The minimum atomic E-state index is 0.291. The van der Waals surface area contributed by atoms with Gasteiger partial charge < -0.3 is 15.2 Å². The van der Waals surface area contributed by atoms with Gasteiger partial charge in [-0.2, -0.15) is 0 Å². The van der Waals surface area contributed by atoms with Crippen LogP contribution >= 0.6 is 0 Å². The highest BCUT2D eigenvalue weighted by Gasteiger charge is 2.38. The van der Waals surface area contributed by atoms with E-state index >= 15 is 0 Å². The molecule has 0 aliphatic carbocycles. The molecule has 2 atom stereocenters. The van der Waals surface area contributed by atoms with Gasteiger partial charge in [0.15, 0.2) is 0 Å². The molecular weight excluding hydrogens is 228 g/mol. The largest absolute Gasteiger partial charge is 0.396 e. The number of hydrogen-bond acceptors (Lipinski definition) is 4. The van der Waals surface area contributed by atoms with Gasteiger partial charge in [-0.1, -0.05) is 6.42 Å². The fourth-order valence-corrected chi connectivity index (χ4v) is 3.52. The molecule has 0 aromatic rings. The lowest BCUT2D eigenvalue weighted by Crippen LogP contribution is -2.49. The molecule has 4 nitrogen and oxygen atoms in total. The lowest BCUT2D eigenvalue weighted by atomic mass is 9.84. The Labute approximate surface area is 111 Å². The van der Waals surface area contributed by atoms with Gasteiger partial charge in [0.05, 0.1) is 6.61 Å². The third-order valence-corrected chi connectivity index (χ3v) is 4.49. The van der Waals surface area contributed by atoms with Gasteiger partial charge in [-0.05, 0) is 39.3 Å². The zero-order valence-corrected chi connectivity index (χ0v) is 11.7. The number of nitrogens with one attached hydrogen (secondary N) is 1. The molecule has 0 radical (unpaired) electrons. The second kappa shape index (κ2) is 6.85. The molecule has 2 aliphatic rings. The third-order valence-electron chi connectivity index (χ3n) is 4.49. The lowest BCUT2D eigenvalue weighted by Gasteiger charge is -2.41. The molecule has 106 valence electrons. The standard InChI is InChI=1S/C14H28N2O2/c1-15-10-14(6-9-18-12-14)11-16-7-3-2-4-13(16)5-8-17/h13,15,17H,2-12H2,1H3. The average Bonchev–Trinajstić information content (AvgIpc) is 2.81. The second-order valence-corrected chi connectivity index (χ2v) is 5.97. The maximum atomic E-state index is 9.20. The van der Waals surface area contributed by atoms with Crippen LogP contribution in [0.4, 0.5) is 0 Å². The van der Waals surface area contributed by atoms with E-state index in [0.29, 0.717) is 18.1 Å². The fraction of sp³-hybridized carbons (Fsp3) is 1.00. The zero-order chi connectivity index (χ0) is 12.8. The Bertz CT molecular complexity index is 240. The minimum absolute atomic E-state index is 0.291. The number of piperidine rings is 1. The van der Waals surface area contributed by atoms with Crippen molar-refractivity contribution in [1.29, 1.82) is 0 Å². The number of hydrogen-bond donors (Lipinski definition) is 2. The summed E-state index contributed by atoms with van der Waals surface area (Å²) in [5.74, 6) is 0. The first kappa shape index (κ1) is 14.3. The Morgan fingerprint density at radius 3 is 3.00 bits per heavy atom. The van der Waals surface area contributed by atoms with Crippen molar-refractivity contribution < 1.29 is 9.84 Å². The molecule has 2 unspecified atom stereocenters. The van der Waals surface area contributed by atoms with E-state index in [1.165, 1.54) is 25.8 Å². The van der Waals surface area contributed by atoms with E-state index in [9.17, 15) is 5.11 Å². The summed E-state index contributed by atoms with van der Waals surface area (Å²) in [4.78, 5) is 2.60. The number of ether oxygens (including phenoxy) is 1. The average molecular weight is 256 g/mol. The Hall–Kier alpha value is -0.160. The Morgan fingerprint density at radius 1 is 1.44 bits per heavy atom. The first-order valence-corrected chi connectivity index (χ1v) is 7.37. The van der Waals surface area contributed by atoms with E-state index in [0.717, 1.165) is 39.1 Å². The molecule has 0 aromatic heterocycles. The normalized spacial score (nSPS) is 34.0. The van der Waals surface area contributed by atoms with Gasteiger partial charge in [-0.25, -0.2) is 0 Å². The van der Waals surface area contributed by atoms with Crippen molar-refractivity contribution in [3.8, 4) is 0 Å². The summed E-state index contributed by atoms with van der Waals surface area (Å²) in [5, 5.41) is 12.5. The van der Waals surface area contributed by atoms with Crippen LogP contribution in [0.3, 0.4) is 0 Å². The molecule has 2 N–H and O–H groups in total. The third kappa shape index (κ3) is 3.44. The van der Waals surface area contributed by atoms with E-state index < -0.39 is 0 Å². The van der Waals surface area contributed by atoms with Crippen molar-refractivity contribution >= 4 is 0 Å². The highest BCUT2D eigenvalue weighted by atomic mass is 16.5. The van der Waals surface area contributed by atoms with Gasteiger partial charge in [0, 0.05) is 37.8 Å². The van der Waals surface area contributed by atoms with Crippen LogP contribution in [0.25, 0.3) is 0 Å². The van der Waals surface area contributed by atoms with Gasteiger partial charge in [0.1, 0.15) is 0 Å². The Balaban J connectivity index is 1.95. The SMILES string of the molecule is CNCC1(CN2CCCCC2CCO)CCOC1. The summed E-state index contributed by atoms with van der Waals surface area (Å²) in [7, 11) is 2.03. The summed E-state index contributed by atoms with van der Waals surface area (Å²) in [5.41, 5.74) is 0.291. The Morgan fingerprint density at radius 2 is 2.33 bits per heavy atom. The van der Waals surface area contributed by atoms with Gasteiger partial charge in [-0.3, -0.25) is 4.90 Å². The monoisotopic (exact) mass is 256 g/mol. The van der Waals surface area contributed by atoms with E-state index in [2.05, 4.69) is 10.2 Å². The van der Waals surface area contributed by atoms with E-state index in [4.69, 9.17) is 4.74 Å². The zero-order valence-electron chi connectivity index (χ0n) is 11.7. The molecule has 2 rings (SSSR count). The number of aliphatic hydroxyl groups is 1. The number of rotatable bonds is 6. The van der Waals surface area contributed by atoms with Crippen LogP contribution < -0.4 is 5.32 Å². The molecular formula is C14H28N2O2. The summed E-state index contributed by atoms with van der Waals surface area (Å²) in [6.07, 6.45) is 5.96. The topological polar surface area (TPSA) is 44.7 Å². The number of nitrogens with zero attached hydrogens (tertiary/aromatic N) is 1. The lowest BCUT2D eigenvalue weighted by molar-refractivity contribution is 0.0560. The molecule has 0 spiro atoms. The summed E-state index contributed by atoms with van der Waals surface area (Å²) < 4.78 is 5.63. The van der Waals surface area contributed by atoms with Crippen LogP contribution in [0.15, 0.2) is 0 Å². The van der Waals surface area contributed by atoms with Crippen LogP contribution in [-0.4, -0.2) is 62.6 Å². The first-order valence-electron chi connectivity index (χ1n) is 7.37. The summed E-state index contributed by atoms with van der Waals surface area (Å²) in [6.45, 7) is 5.46. The molecule has 2 fully saturated rings. The number of aliphatic hydroxyl groups excluding tert-OH is 1. The van der Waals surface area contributed by atoms with E-state index in [-0.39, 0.29) is 0 Å². The molecule has 0 bridgehead atoms. The smallest absolute Gasteiger partial charge is 0.0547 e. The Kier molecular flexibility index (Phi) is 5.42. The fourth-order valence-electron chi connectivity index (χ4n) is 3.52. The van der Waals surface area contributed by atoms with E-state index in [1.54, 1.807) is 0 Å². The quantitative estimate of drug-likeness (QED) is 0.739. The first-order chi connectivity index (χ1) is 8.79. The van der Waals surface area contributed by atoms with Gasteiger partial charge in [0.2, 0.25) is 0 Å². The highest BCUT2D eigenvalue weighted by Crippen LogP contribution is 2.32. The molecule has 0 amide bonds. The highest BCUT2D eigenvalue weighted by molar-refractivity contribution is 4.90. The summed E-state index contributed by atoms with van der Waals surface area (Å²) >= 11 is 0. The second-order valence-electron chi connectivity index (χ2n) is 5.97. The molecule has 2 saturated heterocycles. The van der Waals surface area contributed by atoms with Crippen molar-refractivity contribution in [1.82, 2.24) is 10.2 Å². The van der Waals surface area contributed by atoms with Crippen LogP contribution in [-0.2, 0) is 4.74 Å². The van der Waals surface area contributed by atoms with Crippen LogP contribution in [0.5, 0.6) is 0 Å². The molecule has 4 heteroatoms. The molecule has 0 aromatic carbocycles. The number of likely N-dealkylation sites (tertiary alicyclic amines) is 1. The minimum Gasteiger partial charge on any atom is -0.396 e.